The van der Waals surface area contributed by atoms with Crippen LogP contribution in [0.15, 0.2) is 212 Å². The fourth-order valence-electron chi connectivity index (χ4n) is 7.78. The van der Waals surface area contributed by atoms with Gasteiger partial charge in [-0.1, -0.05) is 151 Å². The Morgan fingerprint density at radius 1 is 0.316 bits per heavy atom. The molecule has 12 aromatic rings. The highest BCUT2D eigenvalue weighted by atomic mass is 15.0. The number of nitrogens with zero attached hydrogens (tertiary/aromatic N) is 3. The quantitative estimate of drug-likeness (QED) is 0.167. The molecule has 0 aliphatic rings. The van der Waals surface area contributed by atoms with Crippen molar-refractivity contribution < 1.29 is 30.2 Å². The van der Waals surface area contributed by atoms with Crippen LogP contribution >= 0.6 is 0 Å². The molecule has 0 N–H and O–H groups in total. The lowest BCUT2D eigenvalue weighted by molar-refractivity contribution is 1.15. The van der Waals surface area contributed by atoms with E-state index in [1.165, 1.54) is 4.57 Å². The third-order valence-corrected chi connectivity index (χ3v) is 10.3. The maximum atomic E-state index is 10.3. The summed E-state index contributed by atoms with van der Waals surface area (Å²) in [7, 11) is 0. The van der Waals surface area contributed by atoms with Crippen molar-refractivity contribution in [3.63, 3.8) is 0 Å². The van der Waals surface area contributed by atoms with Gasteiger partial charge in [-0.25, -0.2) is 0 Å². The van der Waals surface area contributed by atoms with E-state index in [1.807, 2.05) is 54.6 Å². The van der Waals surface area contributed by atoms with E-state index in [1.54, 1.807) is 24.3 Å². The second kappa shape index (κ2) is 12.5. The van der Waals surface area contributed by atoms with Gasteiger partial charge in [-0.05, 0) is 82.7 Å². The van der Waals surface area contributed by atoms with Gasteiger partial charge < -0.3 is 13.7 Å². The predicted octanol–water partition coefficient (Wildman–Crippen LogP) is 14.3. The second-order valence-electron chi connectivity index (χ2n) is 13.3. The molecular formula is C54H35N3. The van der Waals surface area contributed by atoms with E-state index in [2.05, 4.69) is 0 Å². The molecule has 0 bridgehead atoms. The Balaban J connectivity index is 1.28. The van der Waals surface area contributed by atoms with Crippen LogP contribution in [0.5, 0.6) is 0 Å². The minimum absolute atomic E-state index is 0.184. The Labute approximate surface area is 360 Å². The van der Waals surface area contributed by atoms with E-state index in [0.29, 0.717) is 5.56 Å². The van der Waals surface area contributed by atoms with Crippen LogP contribution in [-0.2, 0) is 0 Å². The summed E-state index contributed by atoms with van der Waals surface area (Å²) in [4.78, 5) is 0. The fraction of sp³-hybridized carbons (Fsp3) is 0. The van der Waals surface area contributed by atoms with Crippen molar-refractivity contribution >= 4 is 65.4 Å². The second-order valence-corrected chi connectivity index (χ2v) is 13.3. The average Bonchev–Trinajstić information content (AvgIpc) is 3.20. The Morgan fingerprint density at radius 3 is 1.47 bits per heavy atom. The van der Waals surface area contributed by atoms with Crippen LogP contribution in [0.25, 0.3) is 105 Å². The first-order valence-electron chi connectivity index (χ1n) is 28.8. The Morgan fingerprint density at radius 2 is 0.807 bits per heavy atom. The number of hydrogen-bond donors (Lipinski definition) is 0. The van der Waals surface area contributed by atoms with Crippen LogP contribution in [-0.4, -0.2) is 13.7 Å². The Kier molecular flexibility index (Phi) is 3.72. The van der Waals surface area contributed by atoms with Crippen molar-refractivity contribution in [1.29, 1.82) is 0 Å². The van der Waals surface area contributed by atoms with Crippen molar-refractivity contribution in [2.75, 3.05) is 0 Å². The molecule has 0 aliphatic heterocycles. The molecule has 3 heterocycles. The highest BCUT2D eigenvalue weighted by molar-refractivity contribution is 6.17. The number of rotatable bonds is 5. The first-order chi connectivity index (χ1) is 37.5. The van der Waals surface area contributed by atoms with E-state index >= 15 is 0 Å². The van der Waals surface area contributed by atoms with Gasteiger partial charge in [-0.3, -0.25) is 0 Å². The molecule has 0 fully saturated rings. The van der Waals surface area contributed by atoms with Gasteiger partial charge in [0.1, 0.15) is 0 Å². The van der Waals surface area contributed by atoms with Gasteiger partial charge >= 0.3 is 0 Å². The van der Waals surface area contributed by atoms with E-state index in [-0.39, 0.29) is 27.5 Å². The molecule has 0 saturated carbocycles. The molecule has 0 spiro atoms. The van der Waals surface area contributed by atoms with Crippen LogP contribution in [0.1, 0.15) is 30.2 Å². The Bertz CT molecular complexity index is 4710. The molecule has 266 valence electrons. The number of para-hydroxylation sites is 4. The molecule has 3 aromatic heterocycles. The van der Waals surface area contributed by atoms with Gasteiger partial charge in [-0.2, -0.15) is 0 Å². The minimum Gasteiger partial charge on any atom is -0.309 e. The zero-order chi connectivity index (χ0) is 56.6. The highest BCUT2D eigenvalue weighted by Crippen LogP contribution is 2.41. The Hall–Kier alpha value is -7.62. The number of fused-ring (bicyclic) bond motifs is 9. The van der Waals surface area contributed by atoms with E-state index in [9.17, 15) is 16.4 Å². The first-order valence-corrected chi connectivity index (χ1v) is 17.8. The molecule has 3 heteroatoms. The van der Waals surface area contributed by atoms with Gasteiger partial charge in [0.2, 0.25) is 0 Å². The molecular weight excluding hydrogens is 691 g/mol. The molecule has 0 saturated heterocycles. The normalized spacial score (nSPS) is 17.3. The molecule has 57 heavy (non-hydrogen) atoms. The minimum atomic E-state index is -0.935. The summed E-state index contributed by atoms with van der Waals surface area (Å²) in [6.07, 6.45) is 0. The summed E-state index contributed by atoms with van der Waals surface area (Å²) in [6, 6.07) is 7.03. The van der Waals surface area contributed by atoms with Crippen LogP contribution in [0.2, 0.25) is 0 Å². The number of aromatic nitrogens is 3. The van der Waals surface area contributed by atoms with Crippen molar-refractivity contribution in [2.24, 2.45) is 0 Å². The highest BCUT2D eigenvalue weighted by Gasteiger charge is 2.21. The molecule has 9 aromatic carbocycles. The van der Waals surface area contributed by atoms with Crippen LogP contribution in [0, 0.1) is 0 Å². The molecule has 3 nitrogen and oxygen atoms in total. The van der Waals surface area contributed by atoms with E-state index in [0.717, 1.165) is 25.8 Å². The smallest absolute Gasteiger partial charge is 0.0667 e. The molecule has 0 amide bonds. The van der Waals surface area contributed by atoms with Gasteiger partial charge in [-0.15, -0.1) is 0 Å². The van der Waals surface area contributed by atoms with Crippen molar-refractivity contribution in [1.82, 2.24) is 13.7 Å². The van der Waals surface area contributed by atoms with Crippen LogP contribution in [0.3, 0.4) is 0 Å². The summed E-state index contributed by atoms with van der Waals surface area (Å²) in [6.45, 7) is 0. The van der Waals surface area contributed by atoms with Gasteiger partial charge in [0.05, 0.1) is 68.9 Å². The first kappa shape index (κ1) is 17.0. The van der Waals surface area contributed by atoms with Crippen molar-refractivity contribution in [3.05, 3.63) is 212 Å². The zero-order valence-corrected chi connectivity index (χ0v) is 29.3. The SMILES string of the molecule is [2H]c1c([2H])c([2H])c2c(c1[2H])c1c([2H])c([2H])c(-n3c4c([2H])c([2H])c([2H])c([2H])c4c4c(-n5c6c([2H])c([2H])c([2H])c([2H])c6c6c([2H])c([2H])c([2H])c([2H])c65)c([2H])c([2H])c([2H])c43)c([2H])c1n2-c1cccc(-c2ccc(-c3ccccc3)cc2)c1. The predicted molar refractivity (Wildman–Crippen MR) is 240 cm³/mol. The van der Waals surface area contributed by atoms with Gasteiger partial charge in [0.15, 0.2) is 0 Å². The molecule has 12 rings (SSSR count). The van der Waals surface area contributed by atoms with Crippen LogP contribution < -0.4 is 0 Å². The third-order valence-electron chi connectivity index (χ3n) is 10.3. The van der Waals surface area contributed by atoms with Gasteiger partial charge in [0, 0.05) is 43.7 Å². The van der Waals surface area contributed by atoms with Crippen molar-refractivity contribution in [2.45, 2.75) is 0 Å². The molecule has 0 unspecified atom stereocenters. The molecule has 0 atom stereocenters. The number of hydrogen-bond acceptors (Lipinski definition) is 0. The lowest BCUT2D eigenvalue weighted by atomic mass is 10.00. The lowest BCUT2D eigenvalue weighted by Gasteiger charge is -2.13. The summed E-state index contributed by atoms with van der Waals surface area (Å²) in [5.41, 5.74) is -0.389. The van der Waals surface area contributed by atoms with E-state index < -0.39 is 188 Å². The molecule has 0 radical (unpaired) electrons. The lowest BCUT2D eigenvalue weighted by Crippen LogP contribution is -1.98. The summed E-state index contributed by atoms with van der Waals surface area (Å²) in [5.74, 6) is 0. The molecule has 0 aliphatic carbocycles. The third kappa shape index (κ3) is 4.79. The van der Waals surface area contributed by atoms with E-state index in [4.69, 9.17) is 13.7 Å². The van der Waals surface area contributed by atoms with Crippen LogP contribution in [0.4, 0.5) is 0 Å². The number of benzene rings is 9. The maximum absolute atomic E-state index is 10.3. The monoisotopic (exact) mass is 747 g/mol. The van der Waals surface area contributed by atoms with Gasteiger partial charge in [0.25, 0.3) is 0 Å². The standard InChI is InChI=1S/C54H35N3/c1-2-14-36(15-3-1)37-28-30-38(31-29-37)39-16-12-17-40(34-39)56-47-22-8-4-20-44(47)45-33-32-41(35-53(45)56)55-50-25-11-7-21-46(50)54-51(55)26-13-27-52(54)57-48-23-9-5-18-42(48)43-19-6-10-24-49(43)57/h1-35H/i4D,5D,6D,7D,8D,9D,10D,11D,13D,18D,19D,20D,21D,22D,23D,24D,25D,26D,27D,32D,33D,35D. The summed E-state index contributed by atoms with van der Waals surface area (Å²) in [5, 5.41) is -2.34. The fourth-order valence-corrected chi connectivity index (χ4v) is 7.78. The maximum Gasteiger partial charge on any atom is 0.0667 e. The summed E-state index contributed by atoms with van der Waals surface area (Å²) >= 11 is 0. The largest absolute Gasteiger partial charge is 0.309 e. The average molecular weight is 748 g/mol. The topological polar surface area (TPSA) is 14.8 Å². The van der Waals surface area contributed by atoms with Crippen molar-refractivity contribution in [3.8, 4) is 39.3 Å². The zero-order valence-electron chi connectivity index (χ0n) is 51.3. The summed E-state index contributed by atoms with van der Waals surface area (Å²) < 4.78 is 206.